The van der Waals surface area contributed by atoms with Crippen LogP contribution < -0.4 is 9.47 Å². The first-order valence-electron chi connectivity index (χ1n) is 9.08. The van der Waals surface area contributed by atoms with E-state index in [2.05, 4.69) is 46.8 Å². The summed E-state index contributed by atoms with van der Waals surface area (Å²) in [6.45, 7) is 12.3. The van der Waals surface area contributed by atoms with Gasteiger partial charge in [-0.05, 0) is 45.3 Å². The van der Waals surface area contributed by atoms with Crippen molar-refractivity contribution >= 4 is 0 Å². The molecule has 0 aliphatic carbocycles. The molecule has 0 saturated carbocycles. The fourth-order valence-corrected chi connectivity index (χ4v) is 3.31. The maximum absolute atomic E-state index is 5.87. The third-order valence-corrected chi connectivity index (χ3v) is 5.49. The number of epoxide rings is 1. The second kappa shape index (κ2) is 6.44. The minimum Gasteiger partial charge on any atom is -0.492 e. The van der Waals surface area contributed by atoms with Crippen LogP contribution in [0.4, 0.5) is 0 Å². The molecule has 2 unspecified atom stereocenters. The van der Waals surface area contributed by atoms with Gasteiger partial charge in [0, 0.05) is 17.0 Å². The Morgan fingerprint density at radius 1 is 1.33 bits per heavy atom. The number of hydrogen-bond donors (Lipinski definition) is 0. The predicted molar refractivity (Wildman–Crippen MR) is 97.0 cm³/mol. The molecule has 2 heterocycles. The van der Waals surface area contributed by atoms with Gasteiger partial charge in [0.1, 0.15) is 18.1 Å². The molecular formula is C21H30O3. The van der Waals surface area contributed by atoms with Crippen LogP contribution in [0.1, 0.15) is 59.4 Å². The molecule has 0 radical (unpaired) electrons. The summed E-state index contributed by atoms with van der Waals surface area (Å²) in [5.74, 6) is 1.84. The van der Waals surface area contributed by atoms with E-state index in [9.17, 15) is 0 Å². The number of ether oxygens (including phenoxy) is 3. The fourth-order valence-electron chi connectivity index (χ4n) is 3.31. The standard InChI is InChI=1S/C21H30O3/c1-6-21(5)19(24-21)10-7-15(2)11-12-22-16-8-9-17-18(13-16)23-14-20(17,3)4/h8-9,11,13,19H,6-7,10,12,14H2,1-5H3. The molecule has 1 fully saturated rings. The van der Waals surface area contributed by atoms with Crippen molar-refractivity contribution in [3.05, 3.63) is 35.4 Å². The second-order valence-electron chi connectivity index (χ2n) is 8.00. The zero-order valence-electron chi connectivity index (χ0n) is 15.6. The first kappa shape index (κ1) is 17.3. The van der Waals surface area contributed by atoms with Crippen LogP contribution in [0.5, 0.6) is 11.5 Å². The van der Waals surface area contributed by atoms with Gasteiger partial charge in [-0.25, -0.2) is 0 Å². The zero-order chi connectivity index (χ0) is 17.4. The van der Waals surface area contributed by atoms with Crippen LogP contribution in [-0.4, -0.2) is 24.9 Å². The van der Waals surface area contributed by atoms with Gasteiger partial charge < -0.3 is 14.2 Å². The molecule has 3 rings (SSSR count). The van der Waals surface area contributed by atoms with Crippen molar-refractivity contribution in [2.45, 2.75) is 71.0 Å². The van der Waals surface area contributed by atoms with E-state index in [-0.39, 0.29) is 11.0 Å². The zero-order valence-corrected chi connectivity index (χ0v) is 15.6. The Labute approximate surface area is 146 Å². The molecule has 0 N–H and O–H groups in total. The summed E-state index contributed by atoms with van der Waals surface area (Å²) in [6.07, 6.45) is 5.88. The average Bonchev–Trinajstić information content (AvgIpc) is 3.12. The molecule has 3 nitrogen and oxygen atoms in total. The topological polar surface area (TPSA) is 31.0 Å². The molecule has 2 aliphatic rings. The second-order valence-corrected chi connectivity index (χ2v) is 8.00. The monoisotopic (exact) mass is 330 g/mol. The van der Waals surface area contributed by atoms with Crippen LogP contribution in [-0.2, 0) is 10.2 Å². The van der Waals surface area contributed by atoms with Gasteiger partial charge in [0.2, 0.25) is 0 Å². The van der Waals surface area contributed by atoms with Gasteiger partial charge >= 0.3 is 0 Å². The van der Waals surface area contributed by atoms with Gasteiger partial charge in [-0.2, -0.15) is 0 Å². The molecule has 3 heteroatoms. The fraction of sp³-hybridized carbons (Fsp3) is 0.619. The van der Waals surface area contributed by atoms with Crippen molar-refractivity contribution in [1.29, 1.82) is 0 Å². The van der Waals surface area contributed by atoms with Crippen molar-refractivity contribution in [3.63, 3.8) is 0 Å². The third-order valence-electron chi connectivity index (χ3n) is 5.49. The lowest BCUT2D eigenvalue weighted by molar-refractivity contribution is 0.289. The highest BCUT2D eigenvalue weighted by Gasteiger charge is 2.49. The lowest BCUT2D eigenvalue weighted by Gasteiger charge is -2.15. The Morgan fingerprint density at radius 3 is 2.83 bits per heavy atom. The lowest BCUT2D eigenvalue weighted by atomic mass is 9.87. The number of hydrogen-bond acceptors (Lipinski definition) is 3. The molecule has 1 aromatic carbocycles. The van der Waals surface area contributed by atoms with E-state index < -0.39 is 0 Å². The first-order valence-corrected chi connectivity index (χ1v) is 9.08. The van der Waals surface area contributed by atoms with E-state index in [0.29, 0.717) is 12.7 Å². The van der Waals surface area contributed by atoms with Crippen LogP contribution in [0.2, 0.25) is 0 Å². The smallest absolute Gasteiger partial charge is 0.126 e. The minimum absolute atomic E-state index is 0.0994. The summed E-state index contributed by atoms with van der Waals surface area (Å²) in [5.41, 5.74) is 2.87. The molecule has 0 spiro atoms. The van der Waals surface area contributed by atoms with Crippen LogP contribution in [0.25, 0.3) is 0 Å². The van der Waals surface area contributed by atoms with Crippen molar-refractivity contribution in [2.75, 3.05) is 13.2 Å². The largest absolute Gasteiger partial charge is 0.492 e. The highest BCUT2D eigenvalue weighted by atomic mass is 16.6. The van der Waals surface area contributed by atoms with Crippen LogP contribution in [0.3, 0.4) is 0 Å². The Morgan fingerprint density at radius 2 is 2.12 bits per heavy atom. The predicted octanol–water partition coefficient (Wildman–Crippen LogP) is 5.03. The molecule has 0 amide bonds. The Kier molecular flexibility index (Phi) is 4.65. The molecule has 132 valence electrons. The van der Waals surface area contributed by atoms with Crippen LogP contribution in [0, 0.1) is 0 Å². The minimum atomic E-state index is 0.0994. The summed E-state index contributed by atoms with van der Waals surface area (Å²) in [7, 11) is 0. The number of benzene rings is 1. The number of rotatable bonds is 7. The third kappa shape index (κ3) is 3.61. The lowest BCUT2D eigenvalue weighted by Crippen LogP contribution is -2.18. The van der Waals surface area contributed by atoms with Crippen molar-refractivity contribution in [1.82, 2.24) is 0 Å². The summed E-state index contributed by atoms with van der Waals surface area (Å²) >= 11 is 0. The Balaban J connectivity index is 1.46. The normalized spacial score (nSPS) is 27.5. The van der Waals surface area contributed by atoms with E-state index in [1.165, 1.54) is 11.1 Å². The van der Waals surface area contributed by atoms with Gasteiger partial charge in [-0.3, -0.25) is 0 Å². The highest BCUT2D eigenvalue weighted by Crippen LogP contribution is 2.42. The molecule has 0 bridgehead atoms. The number of fused-ring (bicyclic) bond motifs is 1. The molecule has 2 atom stereocenters. The van der Waals surface area contributed by atoms with Crippen molar-refractivity contribution < 1.29 is 14.2 Å². The van der Waals surface area contributed by atoms with Gasteiger partial charge in [0.05, 0.1) is 18.3 Å². The molecule has 0 aromatic heterocycles. The van der Waals surface area contributed by atoms with Crippen molar-refractivity contribution in [3.8, 4) is 11.5 Å². The molecular weight excluding hydrogens is 300 g/mol. The van der Waals surface area contributed by atoms with E-state index in [0.717, 1.165) is 37.4 Å². The molecule has 1 saturated heterocycles. The first-order chi connectivity index (χ1) is 11.3. The van der Waals surface area contributed by atoms with Crippen molar-refractivity contribution in [2.24, 2.45) is 0 Å². The van der Waals surface area contributed by atoms with E-state index in [1.807, 2.05) is 12.1 Å². The molecule has 24 heavy (non-hydrogen) atoms. The van der Waals surface area contributed by atoms with Gasteiger partial charge in [0.15, 0.2) is 0 Å². The average molecular weight is 330 g/mol. The maximum Gasteiger partial charge on any atom is 0.126 e. The van der Waals surface area contributed by atoms with E-state index in [4.69, 9.17) is 14.2 Å². The van der Waals surface area contributed by atoms with Crippen LogP contribution in [0.15, 0.2) is 29.8 Å². The summed E-state index contributed by atoms with van der Waals surface area (Å²) in [6, 6.07) is 6.19. The summed E-state index contributed by atoms with van der Waals surface area (Å²) < 4.78 is 17.4. The van der Waals surface area contributed by atoms with E-state index >= 15 is 0 Å². The van der Waals surface area contributed by atoms with Crippen LogP contribution >= 0.6 is 0 Å². The Bertz CT molecular complexity index is 632. The van der Waals surface area contributed by atoms with Gasteiger partial charge in [-0.15, -0.1) is 0 Å². The molecule has 2 aliphatic heterocycles. The Hall–Kier alpha value is -1.48. The highest BCUT2D eigenvalue weighted by molar-refractivity contribution is 5.47. The van der Waals surface area contributed by atoms with E-state index in [1.54, 1.807) is 0 Å². The molecule has 1 aromatic rings. The summed E-state index contributed by atoms with van der Waals surface area (Å²) in [4.78, 5) is 0. The SMILES string of the molecule is CCC1(C)OC1CCC(C)=CCOc1ccc2c(c1)OCC2(C)C. The summed E-state index contributed by atoms with van der Waals surface area (Å²) in [5, 5.41) is 0. The van der Waals surface area contributed by atoms with Gasteiger partial charge in [-0.1, -0.05) is 32.4 Å². The maximum atomic E-state index is 5.87. The number of allylic oxidation sites excluding steroid dienone is 1. The van der Waals surface area contributed by atoms with Gasteiger partial charge in [0.25, 0.3) is 0 Å². The quantitative estimate of drug-likeness (QED) is 0.519.